The molecule has 1 aromatic heterocycles. The Hall–Kier alpha value is -2.61. The molecule has 0 saturated heterocycles. The molecule has 0 aliphatic carbocycles. The summed E-state index contributed by atoms with van der Waals surface area (Å²) >= 11 is 9.56. The van der Waals surface area contributed by atoms with Gasteiger partial charge in [0.1, 0.15) is 0 Å². The molecule has 4 rings (SSSR count). The molecule has 1 N–H and O–H groups in total. The number of nitrogens with zero attached hydrogens (tertiary/aromatic N) is 1. The van der Waals surface area contributed by atoms with Crippen LogP contribution >= 0.6 is 27.5 Å². The SMILES string of the molecule is Cc1ccc(-c2nc(S(=O)(=O)c3ccc(Br)cc3)c(NCc3ccccc3Cl)o2)cc1. The molecule has 0 unspecified atom stereocenters. The summed E-state index contributed by atoms with van der Waals surface area (Å²) in [5.74, 6) is 0.288. The summed E-state index contributed by atoms with van der Waals surface area (Å²) in [4.78, 5) is 4.48. The van der Waals surface area contributed by atoms with Crippen LogP contribution in [-0.2, 0) is 16.4 Å². The number of nitrogens with one attached hydrogen (secondary N) is 1. The maximum atomic E-state index is 13.3. The number of anilines is 1. The third-order valence-electron chi connectivity index (χ3n) is 4.67. The lowest BCUT2D eigenvalue weighted by molar-refractivity contribution is 0.576. The second kappa shape index (κ2) is 8.86. The van der Waals surface area contributed by atoms with Crippen LogP contribution < -0.4 is 5.32 Å². The van der Waals surface area contributed by atoms with E-state index in [0.29, 0.717) is 10.6 Å². The van der Waals surface area contributed by atoms with Crippen LogP contribution in [0.15, 0.2) is 91.6 Å². The van der Waals surface area contributed by atoms with Gasteiger partial charge >= 0.3 is 0 Å². The van der Waals surface area contributed by atoms with Crippen LogP contribution in [0.25, 0.3) is 11.5 Å². The van der Waals surface area contributed by atoms with Crippen molar-refractivity contribution in [1.29, 1.82) is 0 Å². The number of hydrogen-bond acceptors (Lipinski definition) is 5. The number of rotatable bonds is 6. The summed E-state index contributed by atoms with van der Waals surface area (Å²) in [7, 11) is -3.92. The van der Waals surface area contributed by atoms with Gasteiger partial charge in [-0.1, -0.05) is 63.4 Å². The van der Waals surface area contributed by atoms with Gasteiger partial charge in [0, 0.05) is 21.6 Å². The van der Waals surface area contributed by atoms with Crippen LogP contribution in [0.2, 0.25) is 5.02 Å². The summed E-state index contributed by atoms with van der Waals surface area (Å²) in [6, 6.07) is 21.2. The van der Waals surface area contributed by atoms with Crippen molar-refractivity contribution in [1.82, 2.24) is 4.98 Å². The van der Waals surface area contributed by atoms with Crippen molar-refractivity contribution in [3.63, 3.8) is 0 Å². The first-order valence-corrected chi connectivity index (χ1v) is 12.1. The summed E-state index contributed by atoms with van der Waals surface area (Å²) in [6.07, 6.45) is 0. The van der Waals surface area contributed by atoms with Crippen LogP contribution in [0.5, 0.6) is 0 Å². The Balaban J connectivity index is 1.77. The minimum Gasteiger partial charge on any atom is -0.419 e. The molecule has 0 radical (unpaired) electrons. The number of hydrogen-bond donors (Lipinski definition) is 1. The second-order valence-electron chi connectivity index (χ2n) is 6.92. The number of halogens is 2. The molecule has 0 aliphatic heterocycles. The topological polar surface area (TPSA) is 72.2 Å². The molecule has 0 spiro atoms. The van der Waals surface area contributed by atoms with Crippen molar-refractivity contribution >= 4 is 43.3 Å². The average Bonchev–Trinajstić information content (AvgIpc) is 3.19. The molecule has 0 fully saturated rings. The molecule has 0 saturated carbocycles. The average molecular weight is 518 g/mol. The van der Waals surface area contributed by atoms with E-state index in [0.717, 1.165) is 15.6 Å². The fourth-order valence-corrected chi connectivity index (χ4v) is 4.71. The Labute approximate surface area is 194 Å². The van der Waals surface area contributed by atoms with Gasteiger partial charge in [0.2, 0.25) is 26.6 Å². The van der Waals surface area contributed by atoms with Gasteiger partial charge in [-0.25, -0.2) is 8.42 Å². The molecule has 158 valence electrons. The largest absolute Gasteiger partial charge is 0.419 e. The van der Waals surface area contributed by atoms with Crippen LogP contribution in [0.3, 0.4) is 0 Å². The number of aryl methyl sites for hydroxylation is 1. The molecule has 8 heteroatoms. The normalized spacial score (nSPS) is 11.5. The number of aromatic nitrogens is 1. The van der Waals surface area contributed by atoms with Crippen molar-refractivity contribution in [2.24, 2.45) is 0 Å². The van der Waals surface area contributed by atoms with E-state index in [1.165, 1.54) is 12.1 Å². The summed E-state index contributed by atoms with van der Waals surface area (Å²) in [6.45, 7) is 2.25. The van der Waals surface area contributed by atoms with Gasteiger partial charge in [-0.05, 0) is 55.0 Å². The Morgan fingerprint density at radius 2 is 1.68 bits per heavy atom. The summed E-state index contributed by atoms with van der Waals surface area (Å²) in [5.41, 5.74) is 2.57. The Morgan fingerprint density at radius 3 is 2.35 bits per heavy atom. The maximum Gasteiger partial charge on any atom is 0.234 e. The van der Waals surface area contributed by atoms with Crippen molar-refractivity contribution < 1.29 is 12.8 Å². The monoisotopic (exact) mass is 516 g/mol. The predicted octanol–water partition coefficient (Wildman–Crippen LogP) is 6.51. The molecule has 31 heavy (non-hydrogen) atoms. The highest BCUT2D eigenvalue weighted by atomic mass is 79.9. The van der Waals surface area contributed by atoms with Gasteiger partial charge in [-0.15, -0.1) is 0 Å². The van der Waals surface area contributed by atoms with E-state index in [4.69, 9.17) is 16.0 Å². The number of oxazole rings is 1. The molecular weight excluding hydrogens is 500 g/mol. The Bertz CT molecular complexity index is 1320. The molecule has 0 bridgehead atoms. The molecule has 1 heterocycles. The second-order valence-corrected chi connectivity index (χ2v) is 10.1. The summed E-state index contributed by atoms with van der Waals surface area (Å²) in [5, 5.41) is 3.46. The van der Waals surface area contributed by atoms with Gasteiger partial charge in [0.05, 0.1) is 4.90 Å². The fourth-order valence-electron chi connectivity index (χ4n) is 2.96. The predicted molar refractivity (Wildman–Crippen MR) is 125 cm³/mol. The Morgan fingerprint density at radius 1 is 1.00 bits per heavy atom. The molecular formula is C23H18BrClN2O3S. The van der Waals surface area contributed by atoms with Crippen LogP contribution in [0.4, 0.5) is 5.88 Å². The third-order valence-corrected chi connectivity index (χ3v) is 7.25. The maximum absolute atomic E-state index is 13.3. The van der Waals surface area contributed by atoms with E-state index in [1.54, 1.807) is 18.2 Å². The van der Waals surface area contributed by atoms with E-state index in [9.17, 15) is 8.42 Å². The highest BCUT2D eigenvalue weighted by Crippen LogP contribution is 2.33. The lowest BCUT2D eigenvalue weighted by atomic mass is 10.1. The standard InChI is InChI=1S/C23H18BrClN2O3S/c1-15-6-8-16(9-7-15)21-27-23(31(28,29)19-12-10-18(24)11-13-19)22(30-21)26-14-17-4-2-3-5-20(17)25/h2-13,26H,14H2,1H3. The molecule has 5 nitrogen and oxygen atoms in total. The van der Waals surface area contributed by atoms with Crippen molar-refractivity contribution in [3.05, 3.63) is 93.4 Å². The first-order chi connectivity index (χ1) is 14.8. The van der Waals surface area contributed by atoms with Gasteiger partial charge in [0.25, 0.3) is 0 Å². The smallest absolute Gasteiger partial charge is 0.234 e. The van der Waals surface area contributed by atoms with E-state index in [1.807, 2.05) is 49.4 Å². The van der Waals surface area contributed by atoms with Gasteiger partial charge in [0.15, 0.2) is 0 Å². The fraction of sp³-hybridized carbons (Fsp3) is 0.0870. The molecule has 0 aliphatic rings. The van der Waals surface area contributed by atoms with Gasteiger partial charge in [-0.3, -0.25) is 0 Å². The van der Waals surface area contributed by atoms with Gasteiger partial charge in [-0.2, -0.15) is 4.98 Å². The van der Waals surface area contributed by atoms with Crippen molar-refractivity contribution in [2.75, 3.05) is 5.32 Å². The first-order valence-electron chi connectivity index (χ1n) is 9.40. The molecule has 0 atom stereocenters. The van der Waals surface area contributed by atoms with Gasteiger partial charge < -0.3 is 9.73 Å². The van der Waals surface area contributed by atoms with Crippen molar-refractivity contribution in [2.45, 2.75) is 23.4 Å². The van der Waals surface area contributed by atoms with Crippen LogP contribution in [-0.4, -0.2) is 13.4 Å². The zero-order chi connectivity index (χ0) is 22.0. The van der Waals surface area contributed by atoms with Crippen LogP contribution in [0, 0.1) is 6.92 Å². The zero-order valence-corrected chi connectivity index (χ0v) is 19.6. The lowest BCUT2D eigenvalue weighted by Gasteiger charge is -2.07. The quantitative estimate of drug-likeness (QED) is 0.316. The first kappa shape index (κ1) is 21.6. The molecule has 0 amide bonds. The third kappa shape index (κ3) is 4.69. The van der Waals surface area contributed by atoms with E-state index < -0.39 is 9.84 Å². The minimum atomic E-state index is -3.92. The minimum absolute atomic E-state index is 0.0680. The van der Waals surface area contributed by atoms with Crippen LogP contribution in [0.1, 0.15) is 11.1 Å². The highest BCUT2D eigenvalue weighted by molar-refractivity contribution is 9.10. The Kier molecular flexibility index (Phi) is 6.18. The van der Waals surface area contributed by atoms with E-state index in [-0.39, 0.29) is 28.2 Å². The lowest BCUT2D eigenvalue weighted by Crippen LogP contribution is -2.07. The van der Waals surface area contributed by atoms with Crippen molar-refractivity contribution in [3.8, 4) is 11.5 Å². The van der Waals surface area contributed by atoms with E-state index >= 15 is 0 Å². The molecule has 4 aromatic rings. The van der Waals surface area contributed by atoms with E-state index in [2.05, 4.69) is 26.2 Å². The summed E-state index contributed by atoms with van der Waals surface area (Å²) < 4.78 is 33.3. The number of benzene rings is 3. The molecule has 3 aromatic carbocycles. The number of sulfone groups is 1. The zero-order valence-electron chi connectivity index (χ0n) is 16.5. The highest BCUT2D eigenvalue weighted by Gasteiger charge is 2.28.